The predicted molar refractivity (Wildman–Crippen MR) is 61.6 cm³/mol. The van der Waals surface area contributed by atoms with E-state index in [1.807, 2.05) is 0 Å². The fourth-order valence-electron chi connectivity index (χ4n) is 1.64. The normalized spacial score (nSPS) is 12.2. The van der Waals surface area contributed by atoms with Crippen molar-refractivity contribution in [1.29, 1.82) is 0 Å². The van der Waals surface area contributed by atoms with Crippen molar-refractivity contribution >= 4 is 11.8 Å². The highest BCUT2D eigenvalue weighted by Crippen LogP contribution is 2.32. The number of alkyl halides is 3. The van der Waals surface area contributed by atoms with Crippen molar-refractivity contribution < 1.29 is 31.9 Å². The third-order valence-electron chi connectivity index (χ3n) is 2.48. The minimum atomic E-state index is -4.91. The summed E-state index contributed by atoms with van der Waals surface area (Å²) in [5, 5.41) is 0. The third-order valence-corrected chi connectivity index (χ3v) is 2.48. The van der Waals surface area contributed by atoms with Crippen LogP contribution in [0.2, 0.25) is 0 Å². The van der Waals surface area contributed by atoms with Gasteiger partial charge in [-0.15, -0.1) is 0 Å². The minimum absolute atomic E-state index is 0.384. The molecular weight excluding hydrogens is 280 g/mol. The van der Waals surface area contributed by atoms with Crippen LogP contribution in [-0.2, 0) is 15.7 Å². The zero-order chi connectivity index (χ0) is 15.7. The van der Waals surface area contributed by atoms with Crippen molar-refractivity contribution in [2.45, 2.75) is 32.5 Å². The number of Topliss-reactive ketones (excluding diaryl/α,β-unsaturated/α-hetero) is 1. The molecule has 20 heavy (non-hydrogen) atoms. The van der Waals surface area contributed by atoms with Crippen LogP contribution >= 0.6 is 0 Å². The molecule has 7 heteroatoms. The zero-order valence-corrected chi connectivity index (χ0v) is 11.0. The maximum absolute atomic E-state index is 13.1. The maximum atomic E-state index is 13.1. The summed E-state index contributed by atoms with van der Waals surface area (Å²) in [4.78, 5) is 22.9. The molecule has 1 aromatic carbocycles. The molecule has 0 amide bonds. The lowest BCUT2D eigenvalue weighted by Crippen LogP contribution is -2.36. The van der Waals surface area contributed by atoms with E-state index in [2.05, 4.69) is 0 Å². The smallest absolute Gasteiger partial charge is 0.419 e. The van der Waals surface area contributed by atoms with Crippen LogP contribution in [0.5, 0.6) is 0 Å². The van der Waals surface area contributed by atoms with Gasteiger partial charge >= 0.3 is 12.1 Å². The van der Waals surface area contributed by atoms with Gasteiger partial charge in [-0.25, -0.2) is 4.39 Å². The second-order valence-corrected chi connectivity index (χ2v) is 4.63. The molecule has 0 fully saturated rings. The van der Waals surface area contributed by atoms with Crippen LogP contribution in [0.25, 0.3) is 0 Å². The summed E-state index contributed by atoms with van der Waals surface area (Å²) in [7, 11) is 0. The molecule has 0 unspecified atom stereocenters. The number of hydrogen-bond donors (Lipinski definition) is 0. The lowest BCUT2D eigenvalue weighted by Gasteiger charge is -2.23. The average Bonchev–Trinajstić information content (AvgIpc) is 2.25. The summed E-state index contributed by atoms with van der Waals surface area (Å²) in [5.41, 5.74) is -3.56. The Morgan fingerprint density at radius 3 is 2.15 bits per heavy atom. The fraction of sp³-hybridized carbons (Fsp3) is 0.385. The Kier molecular flexibility index (Phi) is 4.21. The van der Waals surface area contributed by atoms with Crippen LogP contribution < -0.4 is 0 Å². The van der Waals surface area contributed by atoms with Crippen molar-refractivity contribution in [1.82, 2.24) is 0 Å². The van der Waals surface area contributed by atoms with Crippen molar-refractivity contribution in [2.24, 2.45) is 0 Å². The number of rotatable bonds is 3. The lowest BCUT2D eigenvalue weighted by molar-refractivity contribution is -0.150. The first-order valence-electron chi connectivity index (χ1n) is 5.56. The highest BCUT2D eigenvalue weighted by atomic mass is 19.4. The van der Waals surface area contributed by atoms with E-state index in [9.17, 15) is 27.2 Å². The number of carbonyl (C=O) groups is 2. The molecular formula is C13H12F4O3. The van der Waals surface area contributed by atoms with E-state index in [0.717, 1.165) is 13.0 Å². The van der Waals surface area contributed by atoms with Crippen LogP contribution in [0.1, 0.15) is 36.7 Å². The van der Waals surface area contributed by atoms with E-state index in [1.54, 1.807) is 0 Å². The summed E-state index contributed by atoms with van der Waals surface area (Å²) in [6.45, 7) is 3.56. The molecule has 0 spiro atoms. The van der Waals surface area contributed by atoms with Gasteiger partial charge in [-0.2, -0.15) is 13.2 Å². The first-order chi connectivity index (χ1) is 8.95. The van der Waals surface area contributed by atoms with Crippen molar-refractivity contribution in [3.8, 4) is 0 Å². The Bertz CT molecular complexity index is 547. The van der Waals surface area contributed by atoms with Gasteiger partial charge in [0.1, 0.15) is 5.82 Å². The lowest BCUT2D eigenvalue weighted by atomic mass is 9.95. The largest absolute Gasteiger partial charge is 0.451 e. The monoisotopic (exact) mass is 292 g/mol. The van der Waals surface area contributed by atoms with Crippen LogP contribution in [-0.4, -0.2) is 17.4 Å². The molecule has 0 aliphatic rings. The van der Waals surface area contributed by atoms with Gasteiger partial charge in [0.15, 0.2) is 5.60 Å². The molecule has 0 radical (unpaired) electrons. The number of ether oxygens (including phenoxy) is 1. The molecule has 0 heterocycles. The standard InChI is InChI=1S/C13H12F4O3/c1-7(18)20-12(2,3)11(19)8-4-5-10(14)9(6-8)13(15,16)17/h4-6H,1-3H3. The first kappa shape index (κ1) is 16.1. The molecule has 0 aromatic heterocycles. The quantitative estimate of drug-likeness (QED) is 0.487. The molecule has 3 nitrogen and oxygen atoms in total. The SMILES string of the molecule is CC(=O)OC(C)(C)C(=O)c1ccc(F)c(C(F)(F)F)c1. The Hall–Kier alpha value is -1.92. The Morgan fingerprint density at radius 1 is 1.15 bits per heavy atom. The van der Waals surface area contributed by atoms with Gasteiger partial charge in [-0.1, -0.05) is 0 Å². The Balaban J connectivity index is 3.22. The summed E-state index contributed by atoms with van der Waals surface area (Å²) in [6.07, 6.45) is -4.91. The number of esters is 1. The van der Waals surface area contributed by atoms with Crippen LogP contribution in [0, 0.1) is 5.82 Å². The number of carbonyl (C=O) groups excluding carboxylic acids is 2. The van der Waals surface area contributed by atoms with E-state index in [-0.39, 0.29) is 5.56 Å². The van der Waals surface area contributed by atoms with Gasteiger partial charge in [0.2, 0.25) is 5.78 Å². The first-order valence-corrected chi connectivity index (χ1v) is 5.56. The van der Waals surface area contributed by atoms with E-state index in [4.69, 9.17) is 4.74 Å². The summed E-state index contributed by atoms with van der Waals surface area (Å²) in [5.74, 6) is -3.07. The summed E-state index contributed by atoms with van der Waals surface area (Å²) >= 11 is 0. The molecule has 0 saturated heterocycles. The van der Waals surface area contributed by atoms with Crippen molar-refractivity contribution in [3.05, 3.63) is 35.1 Å². The fourth-order valence-corrected chi connectivity index (χ4v) is 1.64. The van der Waals surface area contributed by atoms with Crippen LogP contribution in [0.15, 0.2) is 18.2 Å². The maximum Gasteiger partial charge on any atom is 0.419 e. The van der Waals surface area contributed by atoms with E-state index < -0.39 is 34.9 Å². The predicted octanol–water partition coefficient (Wildman–Crippen LogP) is 3.37. The second kappa shape index (κ2) is 5.22. The van der Waals surface area contributed by atoms with Crippen LogP contribution in [0.3, 0.4) is 0 Å². The molecule has 0 atom stereocenters. The Labute approximate surface area is 112 Å². The number of benzene rings is 1. The highest BCUT2D eigenvalue weighted by Gasteiger charge is 2.37. The van der Waals surface area contributed by atoms with Gasteiger partial charge in [0, 0.05) is 12.5 Å². The molecule has 0 N–H and O–H groups in total. The van der Waals surface area contributed by atoms with Gasteiger partial charge in [0.25, 0.3) is 0 Å². The number of halogens is 4. The topological polar surface area (TPSA) is 43.4 Å². The third kappa shape index (κ3) is 3.55. The number of ketones is 1. The molecule has 0 aliphatic heterocycles. The summed E-state index contributed by atoms with van der Waals surface area (Å²) in [6, 6.07) is 1.88. The van der Waals surface area contributed by atoms with Crippen molar-refractivity contribution in [3.63, 3.8) is 0 Å². The molecule has 0 aliphatic carbocycles. The van der Waals surface area contributed by atoms with Gasteiger partial charge in [-0.05, 0) is 32.0 Å². The van der Waals surface area contributed by atoms with E-state index in [1.165, 1.54) is 13.8 Å². The molecule has 1 rings (SSSR count). The van der Waals surface area contributed by atoms with Gasteiger partial charge in [0.05, 0.1) is 5.56 Å². The number of hydrogen-bond acceptors (Lipinski definition) is 3. The second-order valence-electron chi connectivity index (χ2n) is 4.63. The average molecular weight is 292 g/mol. The highest BCUT2D eigenvalue weighted by molar-refractivity contribution is 6.03. The van der Waals surface area contributed by atoms with Crippen molar-refractivity contribution in [2.75, 3.05) is 0 Å². The van der Waals surface area contributed by atoms with Crippen LogP contribution in [0.4, 0.5) is 17.6 Å². The summed E-state index contributed by atoms with van der Waals surface area (Å²) < 4.78 is 55.6. The molecule has 1 aromatic rings. The zero-order valence-electron chi connectivity index (χ0n) is 11.0. The van der Waals surface area contributed by atoms with Gasteiger partial charge < -0.3 is 4.74 Å². The minimum Gasteiger partial charge on any atom is -0.451 e. The van der Waals surface area contributed by atoms with E-state index in [0.29, 0.717) is 12.1 Å². The molecule has 110 valence electrons. The van der Waals surface area contributed by atoms with E-state index >= 15 is 0 Å². The van der Waals surface area contributed by atoms with Gasteiger partial charge in [-0.3, -0.25) is 9.59 Å². The molecule has 0 saturated carbocycles. The Morgan fingerprint density at radius 2 is 1.70 bits per heavy atom. The molecule has 0 bridgehead atoms.